The van der Waals surface area contributed by atoms with Gasteiger partial charge < -0.3 is 15.2 Å². The van der Waals surface area contributed by atoms with Crippen LogP contribution < -0.4 is 15.2 Å². The first-order valence-corrected chi connectivity index (χ1v) is 5.67. The highest BCUT2D eigenvalue weighted by Gasteiger charge is 2.45. The van der Waals surface area contributed by atoms with Gasteiger partial charge in [-0.1, -0.05) is 11.6 Å². The number of rotatable bonds is 4. The molecule has 0 aliphatic heterocycles. The Hall–Kier alpha value is -0.930. The van der Waals surface area contributed by atoms with Gasteiger partial charge in [-0.3, -0.25) is 0 Å². The lowest BCUT2D eigenvalue weighted by atomic mass is 9.95. The molecular formula is C12H16ClNO2. The molecule has 1 aromatic carbocycles. The average Bonchev–Trinajstić information content (AvgIpc) is 3.08. The quantitative estimate of drug-likeness (QED) is 0.880. The van der Waals surface area contributed by atoms with Crippen LogP contribution in [0.2, 0.25) is 5.02 Å². The SMILES string of the molecule is COc1cc(Cl)c(OC)c(C2(CN)CC2)c1. The Kier molecular flexibility index (Phi) is 3.00. The van der Waals surface area contributed by atoms with Gasteiger partial charge in [-0.15, -0.1) is 0 Å². The van der Waals surface area contributed by atoms with E-state index >= 15 is 0 Å². The van der Waals surface area contributed by atoms with Crippen LogP contribution in [0.5, 0.6) is 11.5 Å². The number of nitrogens with two attached hydrogens (primary N) is 1. The van der Waals surface area contributed by atoms with E-state index in [1.807, 2.05) is 6.07 Å². The van der Waals surface area contributed by atoms with Gasteiger partial charge in [-0.05, 0) is 18.9 Å². The van der Waals surface area contributed by atoms with Crippen LogP contribution in [0, 0.1) is 0 Å². The summed E-state index contributed by atoms with van der Waals surface area (Å²) in [5.74, 6) is 1.48. The van der Waals surface area contributed by atoms with Gasteiger partial charge in [-0.2, -0.15) is 0 Å². The molecule has 1 aliphatic rings. The van der Waals surface area contributed by atoms with Crippen molar-refractivity contribution in [3.05, 3.63) is 22.7 Å². The van der Waals surface area contributed by atoms with Gasteiger partial charge >= 0.3 is 0 Å². The average molecular weight is 242 g/mol. The maximum Gasteiger partial charge on any atom is 0.141 e. The van der Waals surface area contributed by atoms with Gasteiger partial charge in [0, 0.05) is 23.6 Å². The van der Waals surface area contributed by atoms with Gasteiger partial charge in [-0.25, -0.2) is 0 Å². The fraction of sp³-hybridized carbons (Fsp3) is 0.500. The Bertz CT molecular complexity index is 402. The molecule has 2 rings (SSSR count). The predicted octanol–water partition coefficient (Wildman–Crippen LogP) is 2.35. The summed E-state index contributed by atoms with van der Waals surface area (Å²) in [5, 5.41) is 0.580. The zero-order chi connectivity index (χ0) is 11.8. The van der Waals surface area contributed by atoms with E-state index in [1.165, 1.54) is 0 Å². The first-order valence-electron chi connectivity index (χ1n) is 5.29. The molecule has 0 heterocycles. The van der Waals surface area contributed by atoms with Gasteiger partial charge in [0.1, 0.15) is 11.5 Å². The number of hydrogen-bond acceptors (Lipinski definition) is 3. The molecule has 0 radical (unpaired) electrons. The monoisotopic (exact) mass is 241 g/mol. The summed E-state index contributed by atoms with van der Waals surface area (Å²) in [6, 6.07) is 3.74. The van der Waals surface area contributed by atoms with Crippen molar-refractivity contribution in [1.29, 1.82) is 0 Å². The molecule has 0 aromatic heterocycles. The van der Waals surface area contributed by atoms with Crippen LogP contribution in [-0.4, -0.2) is 20.8 Å². The molecule has 1 fully saturated rings. The Balaban J connectivity index is 2.53. The summed E-state index contributed by atoms with van der Waals surface area (Å²) in [6.45, 7) is 0.618. The van der Waals surface area contributed by atoms with E-state index < -0.39 is 0 Å². The first-order chi connectivity index (χ1) is 7.66. The minimum Gasteiger partial charge on any atom is -0.497 e. The lowest BCUT2D eigenvalue weighted by molar-refractivity contribution is 0.394. The van der Waals surface area contributed by atoms with E-state index in [-0.39, 0.29) is 5.41 Å². The summed E-state index contributed by atoms with van der Waals surface area (Å²) < 4.78 is 10.6. The molecule has 0 amide bonds. The zero-order valence-electron chi connectivity index (χ0n) is 9.55. The van der Waals surface area contributed by atoms with Crippen molar-refractivity contribution in [3.63, 3.8) is 0 Å². The topological polar surface area (TPSA) is 44.5 Å². The zero-order valence-corrected chi connectivity index (χ0v) is 10.3. The third kappa shape index (κ3) is 1.74. The standard InChI is InChI=1S/C12H16ClNO2/c1-15-8-5-9(12(7-14)3-4-12)11(16-2)10(13)6-8/h5-6H,3-4,7,14H2,1-2H3. The number of benzene rings is 1. The highest BCUT2D eigenvalue weighted by molar-refractivity contribution is 6.32. The minimum absolute atomic E-state index is 0.0452. The predicted molar refractivity (Wildman–Crippen MR) is 64.5 cm³/mol. The molecule has 1 aromatic rings. The van der Waals surface area contributed by atoms with Crippen LogP contribution in [0.15, 0.2) is 12.1 Å². The molecule has 1 saturated carbocycles. The third-order valence-electron chi connectivity index (χ3n) is 3.27. The second-order valence-corrected chi connectivity index (χ2v) is 4.58. The van der Waals surface area contributed by atoms with E-state index in [1.54, 1.807) is 20.3 Å². The largest absolute Gasteiger partial charge is 0.497 e. The minimum atomic E-state index is 0.0452. The second kappa shape index (κ2) is 4.15. The van der Waals surface area contributed by atoms with Crippen molar-refractivity contribution in [2.45, 2.75) is 18.3 Å². The summed E-state index contributed by atoms with van der Waals surface area (Å²) in [5.41, 5.74) is 6.94. The van der Waals surface area contributed by atoms with Crippen LogP contribution in [0.25, 0.3) is 0 Å². The number of hydrogen-bond donors (Lipinski definition) is 1. The number of halogens is 1. The van der Waals surface area contributed by atoms with E-state index in [4.69, 9.17) is 26.8 Å². The number of methoxy groups -OCH3 is 2. The molecule has 4 heteroatoms. The molecule has 0 spiro atoms. The normalized spacial score (nSPS) is 17.0. The fourth-order valence-corrected chi connectivity index (χ4v) is 2.31. The Morgan fingerprint density at radius 1 is 1.31 bits per heavy atom. The van der Waals surface area contributed by atoms with E-state index in [2.05, 4.69) is 0 Å². The van der Waals surface area contributed by atoms with Crippen molar-refractivity contribution in [2.75, 3.05) is 20.8 Å². The van der Waals surface area contributed by atoms with Gasteiger partial charge in [0.05, 0.1) is 19.2 Å². The maximum absolute atomic E-state index is 6.16. The van der Waals surface area contributed by atoms with Crippen LogP contribution in [0.1, 0.15) is 18.4 Å². The second-order valence-electron chi connectivity index (χ2n) is 4.17. The molecule has 3 nitrogen and oxygen atoms in total. The summed E-state index contributed by atoms with van der Waals surface area (Å²) in [4.78, 5) is 0. The van der Waals surface area contributed by atoms with Crippen LogP contribution in [0.4, 0.5) is 0 Å². The molecule has 0 saturated heterocycles. The van der Waals surface area contributed by atoms with Crippen molar-refractivity contribution in [3.8, 4) is 11.5 Å². The third-order valence-corrected chi connectivity index (χ3v) is 3.55. The van der Waals surface area contributed by atoms with Crippen molar-refractivity contribution >= 4 is 11.6 Å². The molecule has 0 unspecified atom stereocenters. The Morgan fingerprint density at radius 2 is 2.00 bits per heavy atom. The van der Waals surface area contributed by atoms with Crippen molar-refractivity contribution < 1.29 is 9.47 Å². The fourth-order valence-electron chi connectivity index (χ4n) is 2.02. The number of ether oxygens (including phenoxy) is 2. The molecular weight excluding hydrogens is 226 g/mol. The summed E-state index contributed by atoms with van der Waals surface area (Å²) in [6.07, 6.45) is 2.17. The van der Waals surface area contributed by atoms with E-state index in [0.717, 1.165) is 29.9 Å². The van der Waals surface area contributed by atoms with Crippen molar-refractivity contribution in [1.82, 2.24) is 0 Å². The Labute approximate surface area is 100 Å². The van der Waals surface area contributed by atoms with Crippen molar-refractivity contribution in [2.24, 2.45) is 5.73 Å². The van der Waals surface area contributed by atoms with E-state index in [0.29, 0.717) is 11.6 Å². The summed E-state index contributed by atoms with van der Waals surface area (Å²) >= 11 is 6.16. The van der Waals surface area contributed by atoms with Crippen LogP contribution in [-0.2, 0) is 5.41 Å². The van der Waals surface area contributed by atoms with Gasteiger partial charge in [0.25, 0.3) is 0 Å². The van der Waals surface area contributed by atoms with Crippen LogP contribution >= 0.6 is 11.6 Å². The van der Waals surface area contributed by atoms with E-state index in [9.17, 15) is 0 Å². The lowest BCUT2D eigenvalue weighted by Crippen LogP contribution is -2.20. The molecule has 16 heavy (non-hydrogen) atoms. The Morgan fingerprint density at radius 3 is 2.44 bits per heavy atom. The first kappa shape index (κ1) is 11.6. The van der Waals surface area contributed by atoms with Gasteiger partial charge in [0.15, 0.2) is 0 Å². The molecule has 0 atom stereocenters. The smallest absolute Gasteiger partial charge is 0.141 e. The molecule has 0 bridgehead atoms. The molecule has 88 valence electrons. The van der Waals surface area contributed by atoms with Gasteiger partial charge in [0.2, 0.25) is 0 Å². The summed E-state index contributed by atoms with van der Waals surface area (Å²) in [7, 11) is 3.26. The van der Waals surface area contributed by atoms with Crippen LogP contribution in [0.3, 0.4) is 0 Å². The lowest BCUT2D eigenvalue weighted by Gasteiger charge is -2.19. The molecule has 1 aliphatic carbocycles. The molecule has 2 N–H and O–H groups in total. The maximum atomic E-state index is 6.16. The highest BCUT2D eigenvalue weighted by Crippen LogP contribution is 2.53. The highest BCUT2D eigenvalue weighted by atomic mass is 35.5.